The number of aromatic nitrogens is 1. The van der Waals surface area contributed by atoms with E-state index < -0.39 is 0 Å². The Morgan fingerprint density at radius 3 is 2.95 bits per heavy atom. The lowest BCUT2D eigenvalue weighted by atomic mass is 10.2. The van der Waals surface area contributed by atoms with Crippen LogP contribution in [0.1, 0.15) is 15.9 Å². The second kappa shape index (κ2) is 8.24. The molecule has 2 aromatic rings. The minimum absolute atomic E-state index is 0.148. The van der Waals surface area contributed by atoms with Crippen molar-refractivity contribution < 1.29 is 9.53 Å². The standard InChI is InChI=1S/C17H18N2O2S/c1-3-11-22-17-14(8-6-10-18-17)16(20)19-12-13-7-4-5-9-15(13)21-2/h3-10H,1,11-12H2,2H3,(H,19,20). The molecule has 5 heteroatoms. The minimum Gasteiger partial charge on any atom is -0.496 e. The van der Waals surface area contributed by atoms with Gasteiger partial charge in [-0.15, -0.1) is 18.3 Å². The fourth-order valence-electron chi connectivity index (χ4n) is 1.94. The highest BCUT2D eigenvalue weighted by molar-refractivity contribution is 7.99. The molecule has 0 saturated carbocycles. The van der Waals surface area contributed by atoms with Gasteiger partial charge in [-0.05, 0) is 18.2 Å². The van der Waals surface area contributed by atoms with Crippen molar-refractivity contribution in [2.45, 2.75) is 11.6 Å². The number of pyridine rings is 1. The number of thioether (sulfide) groups is 1. The molecule has 0 aliphatic heterocycles. The molecule has 22 heavy (non-hydrogen) atoms. The Balaban J connectivity index is 2.08. The first-order valence-electron chi connectivity index (χ1n) is 6.85. The number of carbonyl (C=O) groups excluding carboxylic acids is 1. The quantitative estimate of drug-likeness (QED) is 0.629. The topological polar surface area (TPSA) is 51.2 Å². The number of ether oxygens (including phenoxy) is 1. The largest absolute Gasteiger partial charge is 0.496 e. The van der Waals surface area contributed by atoms with Crippen molar-refractivity contribution in [2.24, 2.45) is 0 Å². The third kappa shape index (κ3) is 4.11. The first-order valence-corrected chi connectivity index (χ1v) is 7.83. The Kier molecular flexibility index (Phi) is 6.03. The molecule has 0 atom stereocenters. The van der Waals surface area contributed by atoms with E-state index in [-0.39, 0.29) is 5.91 Å². The van der Waals surface area contributed by atoms with Crippen molar-refractivity contribution >= 4 is 17.7 Å². The van der Waals surface area contributed by atoms with Gasteiger partial charge in [0.05, 0.1) is 12.7 Å². The van der Waals surface area contributed by atoms with Crippen molar-refractivity contribution in [3.8, 4) is 5.75 Å². The summed E-state index contributed by atoms with van der Waals surface area (Å²) in [6.07, 6.45) is 3.47. The number of methoxy groups -OCH3 is 1. The molecule has 1 N–H and O–H groups in total. The normalized spacial score (nSPS) is 10.0. The van der Waals surface area contributed by atoms with Crippen molar-refractivity contribution in [1.29, 1.82) is 0 Å². The van der Waals surface area contributed by atoms with Crippen LogP contribution in [0, 0.1) is 0 Å². The van der Waals surface area contributed by atoms with Crippen LogP contribution in [0.2, 0.25) is 0 Å². The number of amides is 1. The summed E-state index contributed by atoms with van der Waals surface area (Å²) >= 11 is 1.49. The van der Waals surface area contributed by atoms with E-state index in [1.165, 1.54) is 11.8 Å². The second-order valence-electron chi connectivity index (χ2n) is 4.45. The smallest absolute Gasteiger partial charge is 0.254 e. The van der Waals surface area contributed by atoms with Gasteiger partial charge in [0.15, 0.2) is 0 Å². The lowest BCUT2D eigenvalue weighted by molar-refractivity contribution is 0.0947. The Labute approximate surface area is 134 Å². The number of benzene rings is 1. The van der Waals surface area contributed by atoms with E-state index in [1.807, 2.05) is 24.3 Å². The lowest BCUT2D eigenvalue weighted by Gasteiger charge is -2.11. The van der Waals surface area contributed by atoms with E-state index in [0.29, 0.717) is 22.9 Å². The van der Waals surface area contributed by atoms with Gasteiger partial charge in [-0.1, -0.05) is 24.3 Å². The van der Waals surface area contributed by atoms with E-state index in [2.05, 4.69) is 16.9 Å². The molecule has 0 spiro atoms. The van der Waals surface area contributed by atoms with Crippen LogP contribution in [-0.2, 0) is 6.54 Å². The van der Waals surface area contributed by atoms with Gasteiger partial charge in [-0.25, -0.2) is 4.98 Å². The zero-order chi connectivity index (χ0) is 15.8. The molecule has 0 unspecified atom stereocenters. The molecule has 1 amide bonds. The van der Waals surface area contributed by atoms with Gasteiger partial charge in [-0.3, -0.25) is 4.79 Å². The maximum atomic E-state index is 12.4. The van der Waals surface area contributed by atoms with Gasteiger partial charge < -0.3 is 10.1 Å². The third-order valence-electron chi connectivity index (χ3n) is 2.99. The molecule has 114 valence electrons. The minimum atomic E-state index is -0.148. The molecule has 0 aliphatic carbocycles. The van der Waals surface area contributed by atoms with Crippen LogP contribution in [-0.4, -0.2) is 23.8 Å². The monoisotopic (exact) mass is 314 g/mol. The number of hydrogen-bond acceptors (Lipinski definition) is 4. The van der Waals surface area contributed by atoms with Crippen LogP contribution >= 0.6 is 11.8 Å². The number of nitrogens with one attached hydrogen (secondary N) is 1. The van der Waals surface area contributed by atoms with Crippen molar-refractivity contribution in [3.63, 3.8) is 0 Å². The van der Waals surface area contributed by atoms with Crippen molar-refractivity contribution in [2.75, 3.05) is 12.9 Å². The van der Waals surface area contributed by atoms with Crippen LogP contribution < -0.4 is 10.1 Å². The first kappa shape index (κ1) is 16.1. The average Bonchev–Trinajstić information content (AvgIpc) is 2.58. The zero-order valence-corrected chi connectivity index (χ0v) is 13.2. The predicted octanol–water partition coefficient (Wildman–Crippen LogP) is 3.30. The number of nitrogens with zero attached hydrogens (tertiary/aromatic N) is 1. The van der Waals surface area contributed by atoms with E-state index in [9.17, 15) is 4.79 Å². The number of para-hydroxylation sites is 1. The Bertz CT molecular complexity index is 659. The van der Waals surface area contributed by atoms with E-state index in [0.717, 1.165) is 11.3 Å². The lowest BCUT2D eigenvalue weighted by Crippen LogP contribution is -2.24. The molecule has 0 bridgehead atoms. The highest BCUT2D eigenvalue weighted by Gasteiger charge is 2.12. The molecule has 1 heterocycles. The van der Waals surface area contributed by atoms with Gasteiger partial charge in [-0.2, -0.15) is 0 Å². The Morgan fingerprint density at radius 2 is 2.18 bits per heavy atom. The summed E-state index contributed by atoms with van der Waals surface area (Å²) in [4.78, 5) is 16.6. The molecular weight excluding hydrogens is 296 g/mol. The number of rotatable bonds is 7. The van der Waals surface area contributed by atoms with Crippen LogP contribution in [0.4, 0.5) is 0 Å². The van der Waals surface area contributed by atoms with Crippen molar-refractivity contribution in [3.05, 3.63) is 66.4 Å². The van der Waals surface area contributed by atoms with Crippen LogP contribution in [0.25, 0.3) is 0 Å². The van der Waals surface area contributed by atoms with Crippen LogP contribution in [0.3, 0.4) is 0 Å². The van der Waals surface area contributed by atoms with Gasteiger partial charge in [0.25, 0.3) is 5.91 Å². The summed E-state index contributed by atoms with van der Waals surface area (Å²) < 4.78 is 5.28. The summed E-state index contributed by atoms with van der Waals surface area (Å²) in [6, 6.07) is 11.1. The Hall–Kier alpha value is -2.27. The molecule has 1 aromatic carbocycles. The highest BCUT2D eigenvalue weighted by atomic mass is 32.2. The van der Waals surface area contributed by atoms with Gasteiger partial charge in [0.1, 0.15) is 10.8 Å². The maximum absolute atomic E-state index is 12.4. The average molecular weight is 314 g/mol. The zero-order valence-electron chi connectivity index (χ0n) is 12.4. The highest BCUT2D eigenvalue weighted by Crippen LogP contribution is 2.21. The third-order valence-corrected chi connectivity index (χ3v) is 3.99. The molecular formula is C17H18N2O2S. The number of hydrogen-bond donors (Lipinski definition) is 1. The maximum Gasteiger partial charge on any atom is 0.254 e. The fourth-order valence-corrected chi connectivity index (χ4v) is 2.66. The molecule has 0 aliphatic rings. The summed E-state index contributed by atoms with van der Waals surface area (Å²) in [5, 5.41) is 3.62. The second-order valence-corrected chi connectivity index (χ2v) is 5.46. The predicted molar refractivity (Wildman–Crippen MR) is 89.3 cm³/mol. The SMILES string of the molecule is C=CCSc1ncccc1C(=O)NCc1ccccc1OC. The van der Waals surface area contributed by atoms with Crippen LogP contribution in [0.5, 0.6) is 5.75 Å². The van der Waals surface area contributed by atoms with Gasteiger partial charge in [0.2, 0.25) is 0 Å². The summed E-state index contributed by atoms with van der Waals surface area (Å²) in [5.41, 5.74) is 1.51. The summed E-state index contributed by atoms with van der Waals surface area (Å²) in [7, 11) is 1.62. The molecule has 0 saturated heterocycles. The molecule has 1 aromatic heterocycles. The fraction of sp³-hybridized carbons (Fsp3) is 0.176. The van der Waals surface area contributed by atoms with Gasteiger partial charge >= 0.3 is 0 Å². The molecule has 4 nitrogen and oxygen atoms in total. The van der Waals surface area contributed by atoms with E-state index in [1.54, 1.807) is 31.5 Å². The van der Waals surface area contributed by atoms with E-state index in [4.69, 9.17) is 4.74 Å². The summed E-state index contributed by atoms with van der Waals surface area (Å²) in [6.45, 7) is 4.09. The first-order chi connectivity index (χ1) is 10.8. The van der Waals surface area contributed by atoms with Gasteiger partial charge in [0, 0.05) is 24.1 Å². The number of carbonyl (C=O) groups is 1. The molecule has 0 radical (unpaired) electrons. The van der Waals surface area contributed by atoms with Crippen LogP contribution in [0.15, 0.2) is 60.3 Å². The van der Waals surface area contributed by atoms with E-state index >= 15 is 0 Å². The summed E-state index contributed by atoms with van der Waals surface area (Å²) in [5.74, 6) is 1.32. The van der Waals surface area contributed by atoms with Crippen molar-refractivity contribution in [1.82, 2.24) is 10.3 Å². The molecule has 0 fully saturated rings. The Morgan fingerprint density at radius 1 is 1.36 bits per heavy atom. The molecule has 2 rings (SSSR count).